The Morgan fingerprint density at radius 2 is 2.07 bits per heavy atom. The van der Waals surface area contributed by atoms with Crippen LogP contribution in [0.2, 0.25) is 0 Å². The van der Waals surface area contributed by atoms with Crippen molar-refractivity contribution >= 4 is 5.97 Å². The lowest BCUT2D eigenvalue weighted by atomic mass is 9.77. The number of aliphatic carboxylic acids is 1. The molecule has 1 aromatic carbocycles. The number of hydrogen-bond donors (Lipinski definition) is 0. The molecule has 0 bridgehead atoms. The van der Waals surface area contributed by atoms with E-state index in [-0.39, 0.29) is 6.79 Å². The Labute approximate surface area is 80.1 Å². The van der Waals surface area contributed by atoms with E-state index >= 15 is 0 Å². The van der Waals surface area contributed by atoms with Gasteiger partial charge in [0.25, 0.3) is 0 Å². The average Bonchev–Trinajstić information content (AvgIpc) is 2.54. The Morgan fingerprint density at radius 1 is 1.36 bits per heavy atom. The van der Waals surface area contributed by atoms with Gasteiger partial charge in [0.05, 0.1) is 0 Å². The first kappa shape index (κ1) is 7.67. The molecule has 72 valence electrons. The van der Waals surface area contributed by atoms with Crippen LogP contribution in [0.4, 0.5) is 0 Å². The van der Waals surface area contributed by atoms with Crippen LogP contribution in [0, 0.1) is 0 Å². The molecule has 0 saturated carbocycles. The van der Waals surface area contributed by atoms with Gasteiger partial charge in [0.15, 0.2) is 11.5 Å². The van der Waals surface area contributed by atoms with Crippen molar-refractivity contribution in [1.82, 2.24) is 0 Å². The number of fused-ring (bicyclic) bond motifs is 2. The molecular weight excluding hydrogens is 184 g/mol. The number of ether oxygens (including phenoxy) is 2. The Kier molecular flexibility index (Phi) is 1.32. The van der Waals surface area contributed by atoms with Crippen LogP contribution in [0.5, 0.6) is 11.5 Å². The number of carboxylic acid groups (broad SMARTS) is 1. The molecule has 1 atom stereocenters. The van der Waals surface area contributed by atoms with Crippen molar-refractivity contribution in [1.29, 1.82) is 0 Å². The molecule has 1 aromatic rings. The second kappa shape index (κ2) is 2.41. The largest absolute Gasteiger partial charge is 0.549 e. The first-order chi connectivity index (χ1) is 6.75. The normalized spacial score (nSPS) is 21.3. The third-order valence-electron chi connectivity index (χ3n) is 2.72. The van der Waals surface area contributed by atoms with Crippen LogP contribution in [0.1, 0.15) is 17.0 Å². The Hall–Kier alpha value is -1.71. The lowest BCUT2D eigenvalue weighted by Gasteiger charge is -2.30. The number of benzene rings is 1. The Balaban J connectivity index is 2.06. The highest BCUT2D eigenvalue weighted by Gasteiger charge is 2.30. The summed E-state index contributed by atoms with van der Waals surface area (Å²) in [5.41, 5.74) is 1.82. The van der Waals surface area contributed by atoms with Crippen molar-refractivity contribution in [3.63, 3.8) is 0 Å². The lowest BCUT2D eigenvalue weighted by Crippen LogP contribution is -2.36. The van der Waals surface area contributed by atoms with Crippen molar-refractivity contribution in [3.8, 4) is 11.5 Å². The topological polar surface area (TPSA) is 58.6 Å². The molecular formula is C10H7O4-. The fraction of sp³-hybridized carbons (Fsp3) is 0.300. The number of carbonyl (C=O) groups excluding carboxylic acids is 1. The van der Waals surface area contributed by atoms with Crippen LogP contribution in [-0.4, -0.2) is 12.8 Å². The molecule has 0 fully saturated rings. The number of rotatable bonds is 1. The summed E-state index contributed by atoms with van der Waals surface area (Å²) in [6.07, 6.45) is 0.536. The van der Waals surface area contributed by atoms with Crippen LogP contribution < -0.4 is 14.6 Å². The van der Waals surface area contributed by atoms with Gasteiger partial charge in [-0.05, 0) is 29.7 Å². The van der Waals surface area contributed by atoms with E-state index in [1.807, 2.05) is 6.07 Å². The third-order valence-corrected chi connectivity index (χ3v) is 2.72. The summed E-state index contributed by atoms with van der Waals surface area (Å²) >= 11 is 0. The molecule has 3 rings (SSSR count). The molecule has 1 aliphatic heterocycles. The standard InChI is InChI=1S/C10H8O4/c11-10(12)7-1-5-2-8-9(3-6(5)7)14-4-13-8/h2-3,7H,1,4H2,(H,11,12)/p-1/t7-/m1/s1. The van der Waals surface area contributed by atoms with Crippen molar-refractivity contribution in [2.75, 3.05) is 6.79 Å². The quantitative estimate of drug-likeness (QED) is 0.617. The van der Waals surface area contributed by atoms with Crippen LogP contribution in [0.3, 0.4) is 0 Å². The average molecular weight is 191 g/mol. The Morgan fingerprint density at radius 3 is 2.79 bits per heavy atom. The van der Waals surface area contributed by atoms with E-state index in [1.54, 1.807) is 6.07 Å². The maximum absolute atomic E-state index is 10.7. The SMILES string of the molecule is O=C([O-])[C@@H]1Cc2cc3c(cc21)OCO3. The van der Waals surface area contributed by atoms with Crippen LogP contribution in [-0.2, 0) is 11.2 Å². The number of carboxylic acids is 1. The minimum absolute atomic E-state index is 0.216. The minimum atomic E-state index is -1.02. The maximum Gasteiger partial charge on any atom is 0.231 e. The highest BCUT2D eigenvalue weighted by Crippen LogP contribution is 2.43. The van der Waals surface area contributed by atoms with Gasteiger partial charge < -0.3 is 19.4 Å². The van der Waals surface area contributed by atoms with E-state index in [0.717, 1.165) is 11.1 Å². The molecule has 0 radical (unpaired) electrons. The van der Waals surface area contributed by atoms with E-state index in [1.165, 1.54) is 0 Å². The van der Waals surface area contributed by atoms with Crippen molar-refractivity contribution in [3.05, 3.63) is 23.3 Å². The van der Waals surface area contributed by atoms with Crippen LogP contribution >= 0.6 is 0 Å². The summed E-state index contributed by atoms with van der Waals surface area (Å²) in [5, 5.41) is 10.7. The second-order valence-electron chi connectivity index (χ2n) is 3.48. The maximum atomic E-state index is 10.7. The van der Waals surface area contributed by atoms with Gasteiger partial charge in [-0.15, -0.1) is 0 Å². The molecule has 4 heteroatoms. The van der Waals surface area contributed by atoms with Crippen molar-refractivity contribution < 1.29 is 19.4 Å². The van der Waals surface area contributed by atoms with Crippen molar-refractivity contribution in [2.24, 2.45) is 0 Å². The second-order valence-corrected chi connectivity index (χ2v) is 3.48. The molecule has 0 N–H and O–H groups in total. The van der Waals surface area contributed by atoms with Crippen LogP contribution in [0.25, 0.3) is 0 Å². The molecule has 0 aromatic heterocycles. The zero-order valence-corrected chi connectivity index (χ0v) is 7.28. The molecule has 0 amide bonds. The van der Waals surface area contributed by atoms with E-state index in [0.29, 0.717) is 17.9 Å². The zero-order chi connectivity index (χ0) is 9.71. The van der Waals surface area contributed by atoms with E-state index < -0.39 is 11.9 Å². The first-order valence-electron chi connectivity index (χ1n) is 4.39. The van der Waals surface area contributed by atoms with Gasteiger partial charge >= 0.3 is 0 Å². The predicted octanol–water partition coefficient (Wildman–Crippen LogP) is -0.195. The monoisotopic (exact) mass is 191 g/mol. The third kappa shape index (κ3) is 0.852. The highest BCUT2D eigenvalue weighted by atomic mass is 16.7. The molecule has 2 aliphatic rings. The molecule has 0 spiro atoms. The summed E-state index contributed by atoms with van der Waals surface area (Å²) in [4.78, 5) is 10.7. The molecule has 0 saturated heterocycles. The molecule has 4 nitrogen and oxygen atoms in total. The van der Waals surface area contributed by atoms with Gasteiger partial charge in [-0.2, -0.15) is 0 Å². The molecule has 14 heavy (non-hydrogen) atoms. The molecule has 1 heterocycles. The van der Waals surface area contributed by atoms with Gasteiger partial charge in [0, 0.05) is 11.9 Å². The van der Waals surface area contributed by atoms with Gasteiger partial charge in [-0.25, -0.2) is 0 Å². The zero-order valence-electron chi connectivity index (χ0n) is 7.28. The minimum Gasteiger partial charge on any atom is -0.549 e. The summed E-state index contributed by atoms with van der Waals surface area (Å²) in [5.74, 6) is -0.147. The van der Waals surface area contributed by atoms with Gasteiger partial charge in [0.2, 0.25) is 6.79 Å². The number of hydrogen-bond acceptors (Lipinski definition) is 4. The Bertz CT molecular complexity index is 424. The lowest BCUT2D eigenvalue weighted by molar-refractivity contribution is -0.308. The number of carbonyl (C=O) groups is 1. The van der Waals surface area contributed by atoms with E-state index in [4.69, 9.17) is 9.47 Å². The van der Waals surface area contributed by atoms with E-state index in [9.17, 15) is 9.90 Å². The highest BCUT2D eigenvalue weighted by molar-refractivity contribution is 5.79. The fourth-order valence-corrected chi connectivity index (χ4v) is 1.91. The van der Waals surface area contributed by atoms with Crippen molar-refractivity contribution in [2.45, 2.75) is 12.3 Å². The van der Waals surface area contributed by atoms with Gasteiger partial charge in [0.1, 0.15) is 0 Å². The molecule has 1 aliphatic carbocycles. The predicted molar refractivity (Wildman–Crippen MR) is 44.0 cm³/mol. The first-order valence-corrected chi connectivity index (χ1v) is 4.39. The summed E-state index contributed by atoms with van der Waals surface area (Å²) in [6.45, 7) is 0.216. The summed E-state index contributed by atoms with van der Waals surface area (Å²) < 4.78 is 10.3. The fourth-order valence-electron chi connectivity index (χ4n) is 1.91. The summed E-state index contributed by atoms with van der Waals surface area (Å²) in [6, 6.07) is 3.58. The summed E-state index contributed by atoms with van der Waals surface area (Å²) in [7, 11) is 0. The van der Waals surface area contributed by atoms with Crippen LogP contribution in [0.15, 0.2) is 12.1 Å². The van der Waals surface area contributed by atoms with Gasteiger partial charge in [-0.3, -0.25) is 0 Å². The van der Waals surface area contributed by atoms with Gasteiger partial charge in [-0.1, -0.05) is 0 Å². The smallest absolute Gasteiger partial charge is 0.231 e. The molecule has 0 unspecified atom stereocenters. The van der Waals surface area contributed by atoms with E-state index in [2.05, 4.69) is 0 Å².